The number of aliphatic carboxylic acids is 1. The van der Waals surface area contributed by atoms with Gasteiger partial charge in [-0.1, -0.05) is 13.8 Å². The number of carboxylic acid groups (broad SMARTS) is 1. The first kappa shape index (κ1) is 12.7. The maximum absolute atomic E-state index is 11.3. The molecule has 0 aromatic rings. The van der Waals surface area contributed by atoms with Gasteiger partial charge in [0, 0.05) is 13.6 Å². The molecule has 0 aromatic heterocycles. The second kappa shape index (κ2) is 5.47. The van der Waals surface area contributed by atoms with Crippen molar-refractivity contribution in [1.82, 2.24) is 10.2 Å². The third-order valence-electron chi connectivity index (χ3n) is 1.92. The molecular weight excluding hydrogens is 184 g/mol. The lowest BCUT2D eigenvalue weighted by atomic mass is 10.2. The molecule has 0 saturated heterocycles. The number of carboxylic acids is 1. The third kappa shape index (κ3) is 4.11. The van der Waals surface area contributed by atoms with Crippen LogP contribution in [-0.2, 0) is 4.79 Å². The molecule has 5 heteroatoms. The Morgan fingerprint density at radius 1 is 1.36 bits per heavy atom. The lowest BCUT2D eigenvalue weighted by Crippen LogP contribution is -2.46. The number of hydrogen-bond acceptors (Lipinski definition) is 2. The van der Waals surface area contributed by atoms with Crippen molar-refractivity contribution in [1.29, 1.82) is 0 Å². The number of carbonyl (C=O) groups excluding carboxylic acids is 1. The fraction of sp³-hybridized carbons (Fsp3) is 0.778. The van der Waals surface area contributed by atoms with Crippen molar-refractivity contribution in [2.45, 2.75) is 26.8 Å². The predicted octanol–water partition coefficient (Wildman–Crippen LogP) is 0.757. The molecule has 0 rings (SSSR count). The second-order valence-electron chi connectivity index (χ2n) is 3.71. The monoisotopic (exact) mass is 202 g/mol. The maximum Gasteiger partial charge on any atom is 0.326 e. The highest BCUT2D eigenvalue weighted by molar-refractivity contribution is 5.82. The van der Waals surface area contributed by atoms with Gasteiger partial charge in [0.1, 0.15) is 6.04 Å². The van der Waals surface area contributed by atoms with Gasteiger partial charge in [-0.25, -0.2) is 9.59 Å². The smallest absolute Gasteiger partial charge is 0.326 e. The Balaban J connectivity index is 4.05. The molecule has 1 unspecified atom stereocenters. The highest BCUT2D eigenvalue weighted by Crippen LogP contribution is 1.96. The molecule has 0 radical (unpaired) electrons. The van der Waals surface area contributed by atoms with E-state index in [-0.39, 0.29) is 6.03 Å². The van der Waals surface area contributed by atoms with Gasteiger partial charge in [-0.15, -0.1) is 0 Å². The summed E-state index contributed by atoms with van der Waals surface area (Å²) in [7, 11) is 1.47. The zero-order chi connectivity index (χ0) is 11.3. The molecule has 0 heterocycles. The van der Waals surface area contributed by atoms with E-state index in [1.807, 2.05) is 13.8 Å². The van der Waals surface area contributed by atoms with E-state index < -0.39 is 12.0 Å². The molecule has 0 aliphatic carbocycles. The van der Waals surface area contributed by atoms with E-state index in [0.29, 0.717) is 12.5 Å². The van der Waals surface area contributed by atoms with Crippen LogP contribution in [0.15, 0.2) is 0 Å². The van der Waals surface area contributed by atoms with Gasteiger partial charge in [-0.05, 0) is 12.8 Å². The molecule has 0 fully saturated rings. The lowest BCUT2D eigenvalue weighted by Gasteiger charge is -2.22. The van der Waals surface area contributed by atoms with E-state index >= 15 is 0 Å². The number of likely N-dealkylation sites (N-methyl/N-ethyl adjacent to an activating group) is 1. The van der Waals surface area contributed by atoms with Gasteiger partial charge in [-0.2, -0.15) is 0 Å². The van der Waals surface area contributed by atoms with Crippen LogP contribution >= 0.6 is 0 Å². The van der Waals surface area contributed by atoms with Crippen molar-refractivity contribution >= 4 is 12.0 Å². The van der Waals surface area contributed by atoms with Crippen LogP contribution in [0.3, 0.4) is 0 Å². The second-order valence-corrected chi connectivity index (χ2v) is 3.71. The Hall–Kier alpha value is -1.26. The topological polar surface area (TPSA) is 69.6 Å². The Kier molecular flexibility index (Phi) is 4.97. The van der Waals surface area contributed by atoms with Gasteiger partial charge in [0.15, 0.2) is 0 Å². The van der Waals surface area contributed by atoms with Crippen LogP contribution in [0.2, 0.25) is 0 Å². The summed E-state index contributed by atoms with van der Waals surface area (Å²) in [4.78, 5) is 23.1. The first-order valence-corrected chi connectivity index (χ1v) is 4.59. The van der Waals surface area contributed by atoms with Gasteiger partial charge < -0.3 is 15.3 Å². The minimum absolute atomic E-state index is 0.353. The first-order chi connectivity index (χ1) is 6.36. The molecule has 0 spiro atoms. The predicted molar refractivity (Wildman–Crippen MR) is 53.1 cm³/mol. The SMILES string of the molecule is CC(C)CNC(=O)N(C)C(C)C(=O)O. The highest BCUT2D eigenvalue weighted by atomic mass is 16.4. The summed E-state index contributed by atoms with van der Waals surface area (Å²) in [5, 5.41) is 11.3. The highest BCUT2D eigenvalue weighted by Gasteiger charge is 2.21. The summed E-state index contributed by atoms with van der Waals surface area (Å²) in [6.07, 6.45) is 0. The van der Waals surface area contributed by atoms with Gasteiger partial charge in [0.05, 0.1) is 0 Å². The minimum atomic E-state index is -1.01. The molecule has 0 saturated carbocycles. The van der Waals surface area contributed by atoms with Crippen molar-refractivity contribution in [3.63, 3.8) is 0 Å². The van der Waals surface area contributed by atoms with Crippen LogP contribution in [0.4, 0.5) is 4.79 Å². The molecular formula is C9H18N2O3. The van der Waals surface area contributed by atoms with Gasteiger partial charge in [-0.3, -0.25) is 0 Å². The third-order valence-corrected chi connectivity index (χ3v) is 1.92. The van der Waals surface area contributed by atoms with E-state index in [1.165, 1.54) is 18.9 Å². The molecule has 2 amide bonds. The normalized spacial score (nSPS) is 12.4. The average molecular weight is 202 g/mol. The summed E-state index contributed by atoms with van der Waals surface area (Å²) in [5.41, 5.74) is 0. The lowest BCUT2D eigenvalue weighted by molar-refractivity contribution is -0.141. The van der Waals surface area contributed by atoms with Crippen LogP contribution < -0.4 is 5.32 Å². The number of nitrogens with zero attached hydrogens (tertiary/aromatic N) is 1. The maximum atomic E-state index is 11.3. The molecule has 5 nitrogen and oxygen atoms in total. The minimum Gasteiger partial charge on any atom is -0.480 e. The molecule has 2 N–H and O–H groups in total. The van der Waals surface area contributed by atoms with Crippen LogP contribution in [-0.4, -0.2) is 41.6 Å². The van der Waals surface area contributed by atoms with Crippen molar-refractivity contribution in [2.75, 3.05) is 13.6 Å². The summed E-state index contributed by atoms with van der Waals surface area (Å²) < 4.78 is 0. The summed E-state index contributed by atoms with van der Waals surface area (Å²) in [5.74, 6) is -0.653. The molecule has 0 aliphatic rings. The van der Waals surface area contributed by atoms with Crippen LogP contribution in [0.1, 0.15) is 20.8 Å². The summed E-state index contributed by atoms with van der Waals surface area (Å²) >= 11 is 0. The zero-order valence-corrected chi connectivity index (χ0v) is 9.07. The van der Waals surface area contributed by atoms with Crippen molar-refractivity contribution in [2.24, 2.45) is 5.92 Å². The summed E-state index contributed by atoms with van der Waals surface area (Å²) in [6, 6.07) is -1.16. The van der Waals surface area contributed by atoms with Crippen LogP contribution in [0.25, 0.3) is 0 Å². The summed E-state index contributed by atoms with van der Waals surface area (Å²) in [6.45, 7) is 5.97. The largest absolute Gasteiger partial charge is 0.480 e. The first-order valence-electron chi connectivity index (χ1n) is 4.59. The Bertz CT molecular complexity index is 216. The van der Waals surface area contributed by atoms with E-state index in [4.69, 9.17) is 5.11 Å². The molecule has 0 aliphatic heterocycles. The van der Waals surface area contributed by atoms with E-state index in [0.717, 1.165) is 0 Å². The van der Waals surface area contributed by atoms with Crippen molar-refractivity contribution in [3.05, 3.63) is 0 Å². The van der Waals surface area contributed by atoms with E-state index in [2.05, 4.69) is 5.32 Å². The zero-order valence-electron chi connectivity index (χ0n) is 9.07. The number of rotatable bonds is 4. The van der Waals surface area contributed by atoms with Crippen molar-refractivity contribution in [3.8, 4) is 0 Å². The number of carbonyl (C=O) groups is 2. The van der Waals surface area contributed by atoms with Crippen LogP contribution in [0.5, 0.6) is 0 Å². The number of nitrogens with one attached hydrogen (secondary N) is 1. The fourth-order valence-electron chi connectivity index (χ4n) is 0.758. The Labute approximate surface area is 84.1 Å². The molecule has 14 heavy (non-hydrogen) atoms. The number of hydrogen-bond donors (Lipinski definition) is 2. The molecule has 0 bridgehead atoms. The van der Waals surface area contributed by atoms with E-state index in [9.17, 15) is 9.59 Å². The molecule has 82 valence electrons. The van der Waals surface area contributed by atoms with Gasteiger partial charge in [0.2, 0.25) is 0 Å². The number of amides is 2. The van der Waals surface area contributed by atoms with E-state index in [1.54, 1.807) is 0 Å². The number of urea groups is 1. The van der Waals surface area contributed by atoms with Crippen LogP contribution in [0, 0.1) is 5.92 Å². The molecule has 1 atom stereocenters. The quantitative estimate of drug-likeness (QED) is 0.707. The Morgan fingerprint density at radius 3 is 2.21 bits per heavy atom. The fourth-order valence-corrected chi connectivity index (χ4v) is 0.758. The van der Waals surface area contributed by atoms with Gasteiger partial charge >= 0.3 is 12.0 Å². The standard InChI is InChI=1S/C9H18N2O3/c1-6(2)5-10-9(14)11(4)7(3)8(12)13/h6-7H,5H2,1-4H3,(H,10,14)(H,12,13). The molecule has 0 aromatic carbocycles. The van der Waals surface area contributed by atoms with Gasteiger partial charge in [0.25, 0.3) is 0 Å². The Morgan fingerprint density at radius 2 is 1.86 bits per heavy atom. The average Bonchev–Trinajstić information content (AvgIpc) is 2.11. The van der Waals surface area contributed by atoms with Crippen molar-refractivity contribution < 1.29 is 14.7 Å².